The van der Waals surface area contributed by atoms with E-state index in [1.807, 2.05) is 0 Å². The van der Waals surface area contributed by atoms with Gasteiger partial charge in [0.15, 0.2) is 0 Å². The second kappa shape index (κ2) is 5.01. The van der Waals surface area contributed by atoms with Crippen LogP contribution in [0.15, 0.2) is 23.9 Å². The van der Waals surface area contributed by atoms with Crippen LogP contribution in [0.3, 0.4) is 0 Å². The molecule has 3 nitrogen and oxygen atoms in total. The molecule has 0 aliphatic heterocycles. The van der Waals surface area contributed by atoms with Crippen molar-refractivity contribution in [2.75, 3.05) is 6.61 Å². The van der Waals surface area contributed by atoms with Crippen molar-refractivity contribution >= 4 is 11.5 Å². The van der Waals surface area contributed by atoms with Gasteiger partial charge < -0.3 is 4.74 Å². The molecule has 0 saturated heterocycles. The highest BCUT2D eigenvalue weighted by atomic mass is 19.1. The van der Waals surface area contributed by atoms with Crippen molar-refractivity contribution in [3.8, 4) is 0 Å². The second-order valence-corrected chi connectivity index (χ2v) is 3.96. The summed E-state index contributed by atoms with van der Waals surface area (Å²) in [6, 6.07) is 4.42. The minimum absolute atomic E-state index is 0.0159. The van der Waals surface area contributed by atoms with Gasteiger partial charge in [0.2, 0.25) is 0 Å². The van der Waals surface area contributed by atoms with Gasteiger partial charge in [-0.1, -0.05) is 6.07 Å². The van der Waals surface area contributed by atoms with E-state index < -0.39 is 5.97 Å². The Bertz CT molecular complexity index is 570. The van der Waals surface area contributed by atoms with Gasteiger partial charge in [0.25, 0.3) is 5.70 Å². The first kappa shape index (κ1) is 12.3. The number of carbonyl (C=O) groups excluding carboxylic acids is 1. The van der Waals surface area contributed by atoms with Crippen molar-refractivity contribution in [1.29, 1.82) is 0 Å². The summed E-state index contributed by atoms with van der Waals surface area (Å²) in [5, 5.41) is 0. The Labute approximate surface area is 105 Å². The van der Waals surface area contributed by atoms with Crippen molar-refractivity contribution in [2.45, 2.75) is 19.8 Å². The third kappa shape index (κ3) is 2.12. The number of ether oxygens (including phenoxy) is 1. The molecule has 0 bridgehead atoms. The predicted octanol–water partition coefficient (Wildman–Crippen LogP) is 2.97. The molecule has 0 amide bonds. The number of rotatable bonds is 2. The fourth-order valence-electron chi connectivity index (χ4n) is 2.14. The number of aryl methyl sites for hydroxylation is 1. The van der Waals surface area contributed by atoms with E-state index in [0.717, 1.165) is 11.1 Å². The van der Waals surface area contributed by atoms with E-state index in [9.17, 15) is 9.18 Å². The van der Waals surface area contributed by atoms with Crippen LogP contribution in [0.5, 0.6) is 0 Å². The van der Waals surface area contributed by atoms with Crippen LogP contribution in [0, 0.1) is 12.4 Å². The number of nitrogens with zero attached hydrogens (tertiary/aromatic N) is 1. The number of carbonyl (C=O) groups is 1. The molecule has 0 fully saturated rings. The van der Waals surface area contributed by atoms with Crippen LogP contribution in [-0.4, -0.2) is 12.6 Å². The predicted molar refractivity (Wildman–Crippen MR) is 64.9 cm³/mol. The molecule has 0 aromatic heterocycles. The number of esters is 1. The number of hydrogen-bond acceptors (Lipinski definition) is 2. The van der Waals surface area contributed by atoms with Crippen molar-refractivity contribution in [3.05, 3.63) is 52.3 Å². The maximum Gasteiger partial charge on any atom is 0.336 e. The van der Waals surface area contributed by atoms with Gasteiger partial charge in [0, 0.05) is 0 Å². The number of fused-ring (bicyclic) bond motifs is 1. The largest absolute Gasteiger partial charge is 0.471 e. The van der Waals surface area contributed by atoms with E-state index in [2.05, 4.69) is 4.85 Å². The molecule has 0 atom stereocenters. The Morgan fingerprint density at radius 1 is 1.50 bits per heavy atom. The lowest BCUT2D eigenvalue weighted by molar-refractivity contribution is -0.138. The first-order valence-electron chi connectivity index (χ1n) is 5.74. The maximum atomic E-state index is 13.1. The Hall–Kier alpha value is -2.15. The highest BCUT2D eigenvalue weighted by molar-refractivity contribution is 6.00. The fraction of sp³-hybridized carbons (Fsp3) is 0.286. The normalized spacial score (nSPS) is 15.8. The van der Waals surface area contributed by atoms with Crippen LogP contribution in [0.1, 0.15) is 24.5 Å². The standard InChI is InChI=1S/C14H12FNO2/c1-3-18-14(17)13(16-2)12-6-4-9-8-10(15)5-7-11(9)12/h5,7-8H,3-4,6H2,1H3/b13-12-. The average Bonchev–Trinajstić information content (AvgIpc) is 2.73. The van der Waals surface area contributed by atoms with E-state index in [1.165, 1.54) is 12.1 Å². The average molecular weight is 245 g/mol. The van der Waals surface area contributed by atoms with Crippen LogP contribution in [-0.2, 0) is 16.0 Å². The van der Waals surface area contributed by atoms with Gasteiger partial charge in [-0.3, -0.25) is 4.79 Å². The lowest BCUT2D eigenvalue weighted by Crippen LogP contribution is -2.06. The molecule has 2 rings (SSSR count). The van der Waals surface area contributed by atoms with Crippen molar-refractivity contribution in [3.63, 3.8) is 0 Å². The summed E-state index contributed by atoms with van der Waals surface area (Å²) >= 11 is 0. The van der Waals surface area contributed by atoms with Crippen molar-refractivity contribution < 1.29 is 13.9 Å². The Morgan fingerprint density at radius 2 is 2.28 bits per heavy atom. The molecule has 0 radical (unpaired) electrons. The van der Waals surface area contributed by atoms with Crippen LogP contribution in [0.25, 0.3) is 10.4 Å². The zero-order chi connectivity index (χ0) is 13.1. The molecule has 0 spiro atoms. The van der Waals surface area contributed by atoms with E-state index in [0.29, 0.717) is 18.4 Å². The molecule has 0 saturated carbocycles. The van der Waals surface area contributed by atoms with Gasteiger partial charge in [-0.2, -0.15) is 0 Å². The third-order valence-electron chi connectivity index (χ3n) is 2.90. The van der Waals surface area contributed by atoms with E-state index in [4.69, 9.17) is 11.3 Å². The topological polar surface area (TPSA) is 30.7 Å². The van der Waals surface area contributed by atoms with Crippen LogP contribution < -0.4 is 0 Å². The smallest absolute Gasteiger partial charge is 0.336 e. The molecule has 18 heavy (non-hydrogen) atoms. The number of allylic oxidation sites excluding steroid dienone is 1. The van der Waals surface area contributed by atoms with Gasteiger partial charge in [0.1, 0.15) is 5.82 Å². The Morgan fingerprint density at radius 3 is 2.94 bits per heavy atom. The van der Waals surface area contributed by atoms with Crippen LogP contribution in [0.2, 0.25) is 0 Å². The van der Waals surface area contributed by atoms with Gasteiger partial charge >= 0.3 is 5.97 Å². The zero-order valence-corrected chi connectivity index (χ0v) is 10.00. The summed E-state index contributed by atoms with van der Waals surface area (Å²) in [6.45, 7) is 9.04. The monoisotopic (exact) mass is 245 g/mol. The number of halogens is 1. The van der Waals surface area contributed by atoms with E-state index >= 15 is 0 Å². The fourth-order valence-corrected chi connectivity index (χ4v) is 2.14. The van der Waals surface area contributed by atoms with Gasteiger partial charge in [-0.05, 0) is 48.6 Å². The van der Waals surface area contributed by atoms with Crippen LogP contribution >= 0.6 is 0 Å². The molecule has 0 heterocycles. The van der Waals surface area contributed by atoms with Gasteiger partial charge in [-0.15, -0.1) is 0 Å². The lowest BCUT2D eigenvalue weighted by atomic mass is 10.1. The molecule has 0 N–H and O–H groups in total. The van der Waals surface area contributed by atoms with Gasteiger partial charge in [0.05, 0.1) is 13.2 Å². The minimum Gasteiger partial charge on any atom is -0.471 e. The first-order chi connectivity index (χ1) is 8.67. The zero-order valence-electron chi connectivity index (χ0n) is 10.00. The summed E-state index contributed by atoms with van der Waals surface area (Å²) in [7, 11) is 0. The van der Waals surface area contributed by atoms with E-state index in [-0.39, 0.29) is 18.1 Å². The molecule has 4 heteroatoms. The molecule has 1 aliphatic rings. The molecule has 1 aromatic rings. The molecule has 1 aromatic carbocycles. The molecular weight excluding hydrogens is 233 g/mol. The van der Waals surface area contributed by atoms with Crippen molar-refractivity contribution in [1.82, 2.24) is 0 Å². The van der Waals surface area contributed by atoms with Gasteiger partial charge in [-0.25, -0.2) is 9.24 Å². The number of benzene rings is 1. The summed E-state index contributed by atoms with van der Waals surface area (Å²) in [6.07, 6.45) is 1.23. The lowest BCUT2D eigenvalue weighted by Gasteiger charge is -2.05. The third-order valence-corrected chi connectivity index (χ3v) is 2.90. The van der Waals surface area contributed by atoms with E-state index in [1.54, 1.807) is 13.0 Å². The quantitative estimate of drug-likeness (QED) is 0.455. The number of hydrogen-bond donors (Lipinski definition) is 0. The summed E-state index contributed by atoms with van der Waals surface area (Å²) in [5.41, 5.74) is 2.31. The van der Waals surface area contributed by atoms with Crippen LogP contribution in [0.4, 0.5) is 4.39 Å². The first-order valence-corrected chi connectivity index (χ1v) is 5.74. The Kier molecular flexibility index (Phi) is 3.42. The second-order valence-electron chi connectivity index (χ2n) is 3.96. The highest BCUT2D eigenvalue weighted by Gasteiger charge is 2.24. The summed E-state index contributed by atoms with van der Waals surface area (Å²) < 4.78 is 17.9. The molecule has 92 valence electrons. The minimum atomic E-state index is -0.598. The molecular formula is C14H12FNO2. The highest BCUT2D eigenvalue weighted by Crippen LogP contribution is 2.35. The summed E-state index contributed by atoms with van der Waals surface area (Å²) in [4.78, 5) is 14.9. The molecule has 0 unspecified atom stereocenters. The SMILES string of the molecule is [C-]#[N+]/C(C(=O)OCC)=C1/CCc2cc(F)ccc21. The molecule has 1 aliphatic carbocycles. The maximum absolute atomic E-state index is 13.1. The Balaban J connectivity index is 2.48. The van der Waals surface area contributed by atoms with Crippen molar-refractivity contribution in [2.24, 2.45) is 0 Å². The summed E-state index contributed by atoms with van der Waals surface area (Å²) in [5.74, 6) is -0.893.